The number of hydrogen-bond donors (Lipinski definition) is 2. The van der Waals surface area contributed by atoms with Gasteiger partial charge in [0.15, 0.2) is 23.4 Å². The molecule has 2 N–H and O–H groups in total. The van der Waals surface area contributed by atoms with Crippen molar-refractivity contribution in [2.75, 3.05) is 0 Å². The van der Waals surface area contributed by atoms with Gasteiger partial charge in [0.2, 0.25) is 0 Å². The number of phenolic OH excluding ortho intramolecular Hbond substituents is 1. The van der Waals surface area contributed by atoms with E-state index in [0.29, 0.717) is 11.4 Å². The zero-order chi connectivity index (χ0) is 14.7. The Hall–Kier alpha value is -1.90. The molecule has 1 aromatic carbocycles. The van der Waals surface area contributed by atoms with Crippen LogP contribution in [0.25, 0.3) is 11.4 Å². The topological polar surface area (TPSA) is 92.5 Å². The molecule has 104 valence electrons. The van der Waals surface area contributed by atoms with Crippen molar-refractivity contribution in [1.29, 1.82) is 0 Å². The van der Waals surface area contributed by atoms with Crippen LogP contribution in [0.3, 0.4) is 0 Å². The first-order chi connectivity index (χ1) is 9.47. The van der Waals surface area contributed by atoms with Crippen LogP contribution in [0, 0.1) is 3.57 Å². The van der Waals surface area contributed by atoms with Crippen LogP contribution < -0.4 is 4.74 Å². The monoisotopic (exact) mass is 386 g/mol. The molecule has 0 amide bonds. The number of rotatable bonds is 4. The number of ether oxygens (including phenoxy) is 1. The third-order valence-electron chi connectivity index (χ3n) is 2.49. The van der Waals surface area contributed by atoms with Crippen molar-refractivity contribution in [2.45, 2.75) is 13.0 Å². The second kappa shape index (κ2) is 6.04. The summed E-state index contributed by atoms with van der Waals surface area (Å²) in [5.74, 6) is -0.681. The van der Waals surface area contributed by atoms with Crippen LogP contribution in [0.5, 0.6) is 11.5 Å². The molecular formula is C13H11IN2O4. The van der Waals surface area contributed by atoms with E-state index in [2.05, 4.69) is 32.6 Å². The Labute approximate surface area is 128 Å². The summed E-state index contributed by atoms with van der Waals surface area (Å²) in [6.45, 7) is 1.39. The van der Waals surface area contributed by atoms with Crippen LogP contribution in [-0.2, 0) is 4.79 Å². The molecule has 1 heterocycles. The Morgan fingerprint density at radius 3 is 2.55 bits per heavy atom. The number of carboxylic acid groups (broad SMARTS) is 1. The van der Waals surface area contributed by atoms with E-state index in [0.717, 1.165) is 3.57 Å². The smallest absolute Gasteiger partial charge is 0.344 e. The molecule has 0 aliphatic rings. The summed E-state index contributed by atoms with van der Waals surface area (Å²) < 4.78 is 6.03. The molecule has 0 radical (unpaired) electrons. The van der Waals surface area contributed by atoms with Gasteiger partial charge in [-0.3, -0.25) is 0 Å². The van der Waals surface area contributed by atoms with Gasteiger partial charge in [0.05, 0.1) is 0 Å². The maximum absolute atomic E-state index is 10.7. The molecule has 1 unspecified atom stereocenters. The Morgan fingerprint density at radius 1 is 1.35 bits per heavy atom. The maximum atomic E-state index is 10.7. The number of carbonyl (C=O) groups is 1. The Morgan fingerprint density at radius 2 is 2.00 bits per heavy atom. The summed E-state index contributed by atoms with van der Waals surface area (Å²) >= 11 is 2.10. The van der Waals surface area contributed by atoms with Gasteiger partial charge in [0.25, 0.3) is 0 Å². The lowest BCUT2D eigenvalue weighted by Crippen LogP contribution is -2.22. The highest BCUT2D eigenvalue weighted by Crippen LogP contribution is 2.31. The molecule has 6 nitrogen and oxygen atoms in total. The fourth-order valence-electron chi connectivity index (χ4n) is 1.46. The number of aliphatic carboxylic acids is 1. The third-order valence-corrected chi connectivity index (χ3v) is 3.05. The van der Waals surface area contributed by atoms with Gasteiger partial charge < -0.3 is 14.9 Å². The number of nitrogens with zero attached hydrogens (tertiary/aromatic N) is 2. The van der Waals surface area contributed by atoms with Crippen molar-refractivity contribution in [3.05, 3.63) is 34.2 Å². The normalized spacial score (nSPS) is 11.9. The van der Waals surface area contributed by atoms with E-state index in [1.54, 1.807) is 18.5 Å². The quantitative estimate of drug-likeness (QED) is 0.784. The fraction of sp³-hybridized carbons (Fsp3) is 0.154. The highest BCUT2D eigenvalue weighted by molar-refractivity contribution is 14.1. The number of hydrogen-bond acceptors (Lipinski definition) is 5. The molecule has 0 aliphatic carbocycles. The van der Waals surface area contributed by atoms with Crippen molar-refractivity contribution in [3.63, 3.8) is 0 Å². The minimum atomic E-state index is -1.10. The van der Waals surface area contributed by atoms with E-state index in [4.69, 9.17) is 9.84 Å². The minimum Gasteiger partial charge on any atom is -0.504 e. The summed E-state index contributed by atoms with van der Waals surface area (Å²) in [7, 11) is 0. The van der Waals surface area contributed by atoms with E-state index in [1.165, 1.54) is 19.1 Å². The molecule has 0 fully saturated rings. The molecule has 7 heteroatoms. The number of carboxylic acids is 1. The molecule has 1 aromatic heterocycles. The Kier molecular flexibility index (Phi) is 4.38. The average molecular weight is 386 g/mol. The predicted octanol–water partition coefficient (Wildman–Crippen LogP) is 2.31. The second-order valence-electron chi connectivity index (χ2n) is 4.01. The molecule has 1 atom stereocenters. The van der Waals surface area contributed by atoms with Crippen LogP contribution in [-0.4, -0.2) is 32.3 Å². The number of benzene rings is 1. The van der Waals surface area contributed by atoms with Gasteiger partial charge in [-0.25, -0.2) is 14.8 Å². The van der Waals surface area contributed by atoms with Crippen molar-refractivity contribution in [3.8, 4) is 22.9 Å². The van der Waals surface area contributed by atoms with Gasteiger partial charge in [-0.05, 0) is 47.7 Å². The maximum Gasteiger partial charge on any atom is 0.344 e. The molecule has 0 spiro atoms. The van der Waals surface area contributed by atoms with E-state index in [1.807, 2.05) is 0 Å². The highest BCUT2D eigenvalue weighted by atomic mass is 127. The van der Waals surface area contributed by atoms with E-state index in [-0.39, 0.29) is 11.5 Å². The van der Waals surface area contributed by atoms with E-state index in [9.17, 15) is 9.90 Å². The zero-order valence-corrected chi connectivity index (χ0v) is 12.6. The summed E-state index contributed by atoms with van der Waals surface area (Å²) in [5.41, 5.74) is 0.620. The van der Waals surface area contributed by atoms with Gasteiger partial charge >= 0.3 is 5.97 Å². The van der Waals surface area contributed by atoms with Gasteiger partial charge in [-0.2, -0.15) is 0 Å². The number of aromatic nitrogens is 2. The molecule has 0 aliphatic heterocycles. The third kappa shape index (κ3) is 3.35. The van der Waals surface area contributed by atoms with Gasteiger partial charge in [-0.15, -0.1) is 0 Å². The van der Waals surface area contributed by atoms with E-state index < -0.39 is 12.1 Å². The first-order valence-corrected chi connectivity index (χ1v) is 6.75. The van der Waals surface area contributed by atoms with Crippen LogP contribution >= 0.6 is 22.6 Å². The molecule has 0 saturated carbocycles. The lowest BCUT2D eigenvalue weighted by Gasteiger charge is -2.12. The SMILES string of the molecule is CC(Oc1ccc(-c2ncc(I)cn2)cc1O)C(=O)O. The van der Waals surface area contributed by atoms with Crippen LogP contribution in [0.15, 0.2) is 30.6 Å². The molecular weight excluding hydrogens is 375 g/mol. The van der Waals surface area contributed by atoms with E-state index >= 15 is 0 Å². The summed E-state index contributed by atoms with van der Waals surface area (Å²) in [6, 6.07) is 4.59. The standard InChI is InChI=1S/C13H11IN2O4/c1-7(13(18)19)20-11-3-2-8(4-10(11)17)12-15-5-9(14)6-16-12/h2-7,17H,1H3,(H,18,19). The molecule has 20 heavy (non-hydrogen) atoms. The molecule has 0 bridgehead atoms. The number of aromatic hydroxyl groups is 1. The lowest BCUT2D eigenvalue weighted by molar-refractivity contribution is -0.144. The average Bonchev–Trinajstić information content (AvgIpc) is 2.41. The zero-order valence-electron chi connectivity index (χ0n) is 10.4. The highest BCUT2D eigenvalue weighted by Gasteiger charge is 2.15. The minimum absolute atomic E-state index is 0.106. The predicted molar refractivity (Wildman–Crippen MR) is 79.6 cm³/mol. The first-order valence-electron chi connectivity index (χ1n) is 5.68. The first kappa shape index (κ1) is 14.5. The van der Waals surface area contributed by atoms with Gasteiger partial charge in [0.1, 0.15) is 0 Å². The van der Waals surface area contributed by atoms with Crippen molar-refractivity contribution >= 4 is 28.6 Å². The Bertz CT molecular complexity index is 631. The van der Waals surface area contributed by atoms with Crippen LogP contribution in [0.4, 0.5) is 0 Å². The van der Waals surface area contributed by atoms with Crippen molar-refractivity contribution in [1.82, 2.24) is 9.97 Å². The number of phenols is 1. The summed E-state index contributed by atoms with van der Waals surface area (Å²) in [6.07, 6.45) is 2.29. The Balaban J connectivity index is 2.25. The fourth-order valence-corrected chi connectivity index (χ4v) is 1.74. The van der Waals surface area contributed by atoms with Gasteiger partial charge in [0, 0.05) is 21.5 Å². The molecule has 2 rings (SSSR count). The largest absolute Gasteiger partial charge is 0.504 e. The van der Waals surface area contributed by atoms with Crippen molar-refractivity contribution in [2.24, 2.45) is 0 Å². The lowest BCUT2D eigenvalue weighted by atomic mass is 10.2. The molecule has 0 saturated heterocycles. The second-order valence-corrected chi connectivity index (χ2v) is 5.25. The number of halogens is 1. The van der Waals surface area contributed by atoms with Gasteiger partial charge in [-0.1, -0.05) is 0 Å². The van der Waals surface area contributed by atoms with Crippen LogP contribution in [0.1, 0.15) is 6.92 Å². The molecule has 2 aromatic rings. The summed E-state index contributed by atoms with van der Waals surface area (Å²) in [5, 5.41) is 18.6. The summed E-state index contributed by atoms with van der Waals surface area (Å²) in [4.78, 5) is 19.0. The van der Waals surface area contributed by atoms with Crippen LogP contribution in [0.2, 0.25) is 0 Å². The van der Waals surface area contributed by atoms with Crippen molar-refractivity contribution < 1.29 is 19.7 Å².